The van der Waals surface area contributed by atoms with Gasteiger partial charge in [-0.2, -0.15) is 5.10 Å². The zero-order valence-corrected chi connectivity index (χ0v) is 17.6. The fourth-order valence-electron chi connectivity index (χ4n) is 3.11. The van der Waals surface area contributed by atoms with E-state index < -0.39 is 0 Å². The van der Waals surface area contributed by atoms with Gasteiger partial charge < -0.3 is 15.0 Å². The van der Waals surface area contributed by atoms with Gasteiger partial charge >= 0.3 is 0 Å². The molecule has 1 aromatic heterocycles. The first-order valence-corrected chi connectivity index (χ1v) is 9.71. The summed E-state index contributed by atoms with van der Waals surface area (Å²) in [7, 11) is 5.66. The lowest BCUT2D eigenvalue weighted by Crippen LogP contribution is -2.29. The van der Waals surface area contributed by atoms with Crippen molar-refractivity contribution >= 4 is 17.3 Å². The first-order valence-electron chi connectivity index (χ1n) is 9.33. The molecular formula is C22H25ClN4O2. The van der Waals surface area contributed by atoms with E-state index in [2.05, 4.69) is 15.3 Å². The Balaban J connectivity index is 1.76. The van der Waals surface area contributed by atoms with E-state index in [0.29, 0.717) is 18.8 Å². The SMILES string of the molecule is COc1cccc(C(CNc2cnn(Cc3ccccc3)c(=O)c2Cl)N(C)C)c1. The summed E-state index contributed by atoms with van der Waals surface area (Å²) in [4.78, 5) is 14.7. The largest absolute Gasteiger partial charge is 0.497 e. The van der Waals surface area contributed by atoms with Gasteiger partial charge in [-0.25, -0.2) is 4.68 Å². The summed E-state index contributed by atoms with van der Waals surface area (Å²) in [5.41, 5.74) is 2.30. The summed E-state index contributed by atoms with van der Waals surface area (Å²) in [5, 5.41) is 7.69. The van der Waals surface area contributed by atoms with Crippen molar-refractivity contribution in [1.29, 1.82) is 0 Å². The highest BCUT2D eigenvalue weighted by Gasteiger charge is 2.17. The molecule has 0 aliphatic rings. The van der Waals surface area contributed by atoms with Crippen molar-refractivity contribution in [3.05, 3.63) is 87.3 Å². The number of benzene rings is 2. The molecule has 3 aromatic rings. The second-order valence-electron chi connectivity index (χ2n) is 6.96. The molecule has 0 amide bonds. The Kier molecular flexibility index (Phi) is 6.90. The van der Waals surface area contributed by atoms with Crippen molar-refractivity contribution in [3.8, 4) is 5.75 Å². The second-order valence-corrected chi connectivity index (χ2v) is 7.34. The quantitative estimate of drug-likeness (QED) is 0.611. The summed E-state index contributed by atoms with van der Waals surface area (Å²) in [6.07, 6.45) is 1.60. The third-order valence-corrected chi connectivity index (χ3v) is 5.11. The molecule has 0 saturated heterocycles. The molecule has 0 saturated carbocycles. The molecule has 29 heavy (non-hydrogen) atoms. The van der Waals surface area contributed by atoms with Gasteiger partial charge in [-0.05, 0) is 37.4 Å². The molecule has 1 heterocycles. The van der Waals surface area contributed by atoms with Crippen LogP contribution in [0.15, 0.2) is 65.6 Å². The number of rotatable bonds is 8. The first kappa shape index (κ1) is 20.9. The zero-order chi connectivity index (χ0) is 20.8. The Hall–Kier alpha value is -2.83. The molecule has 0 aliphatic heterocycles. The van der Waals surface area contributed by atoms with Crippen LogP contribution in [0, 0.1) is 0 Å². The van der Waals surface area contributed by atoms with Gasteiger partial charge in [0.25, 0.3) is 5.56 Å². The summed E-state index contributed by atoms with van der Waals surface area (Å²) < 4.78 is 6.70. The van der Waals surface area contributed by atoms with Gasteiger partial charge in [-0.15, -0.1) is 0 Å². The van der Waals surface area contributed by atoms with Crippen LogP contribution in [0.2, 0.25) is 5.02 Å². The van der Waals surface area contributed by atoms with E-state index in [9.17, 15) is 4.79 Å². The number of nitrogens with one attached hydrogen (secondary N) is 1. The molecule has 1 atom stereocenters. The Labute approximate surface area is 175 Å². The highest BCUT2D eigenvalue weighted by Crippen LogP contribution is 2.24. The smallest absolute Gasteiger partial charge is 0.287 e. The van der Waals surface area contributed by atoms with Crippen LogP contribution in [0.5, 0.6) is 5.75 Å². The van der Waals surface area contributed by atoms with Crippen molar-refractivity contribution in [2.75, 3.05) is 33.1 Å². The normalized spacial score (nSPS) is 12.0. The van der Waals surface area contributed by atoms with E-state index in [-0.39, 0.29) is 16.6 Å². The standard InChI is InChI=1S/C22H25ClN4O2/c1-26(2)20(17-10-7-11-18(12-17)29-3)14-24-19-13-25-27(22(28)21(19)23)15-16-8-5-4-6-9-16/h4-13,20,24H,14-15H2,1-3H3. The number of methoxy groups -OCH3 is 1. The topological polar surface area (TPSA) is 59.4 Å². The minimum Gasteiger partial charge on any atom is -0.497 e. The maximum atomic E-state index is 12.6. The highest BCUT2D eigenvalue weighted by molar-refractivity contribution is 6.32. The molecule has 0 radical (unpaired) electrons. The number of anilines is 1. The Morgan fingerprint density at radius 3 is 2.62 bits per heavy atom. The van der Waals surface area contributed by atoms with Gasteiger partial charge in [0.05, 0.1) is 31.6 Å². The molecule has 0 bridgehead atoms. The monoisotopic (exact) mass is 412 g/mol. The average molecular weight is 413 g/mol. The van der Waals surface area contributed by atoms with Crippen LogP contribution in [0.1, 0.15) is 17.2 Å². The van der Waals surface area contributed by atoms with Gasteiger partial charge in [-0.3, -0.25) is 4.79 Å². The number of likely N-dealkylation sites (N-methyl/N-ethyl adjacent to an activating group) is 1. The predicted octanol–water partition coefficient (Wildman–Crippen LogP) is 3.67. The van der Waals surface area contributed by atoms with Crippen molar-refractivity contribution in [2.24, 2.45) is 0 Å². The van der Waals surface area contributed by atoms with Crippen LogP contribution in [0.3, 0.4) is 0 Å². The average Bonchev–Trinajstić information content (AvgIpc) is 2.73. The molecule has 0 aliphatic carbocycles. The number of ether oxygens (including phenoxy) is 1. The van der Waals surface area contributed by atoms with Crippen LogP contribution in [-0.2, 0) is 6.54 Å². The highest BCUT2D eigenvalue weighted by atomic mass is 35.5. The maximum absolute atomic E-state index is 12.6. The summed E-state index contributed by atoms with van der Waals surface area (Å²) in [6.45, 7) is 0.938. The van der Waals surface area contributed by atoms with Crippen molar-refractivity contribution in [2.45, 2.75) is 12.6 Å². The van der Waals surface area contributed by atoms with E-state index in [1.54, 1.807) is 13.3 Å². The maximum Gasteiger partial charge on any atom is 0.287 e. The zero-order valence-electron chi connectivity index (χ0n) is 16.8. The lowest BCUT2D eigenvalue weighted by molar-refractivity contribution is 0.310. The number of nitrogens with zero attached hydrogens (tertiary/aromatic N) is 3. The van der Waals surface area contributed by atoms with Crippen LogP contribution in [-0.4, -0.2) is 42.4 Å². The molecule has 2 aromatic carbocycles. The molecule has 1 unspecified atom stereocenters. The van der Waals surface area contributed by atoms with Gasteiger partial charge in [0, 0.05) is 6.54 Å². The van der Waals surface area contributed by atoms with E-state index in [1.165, 1.54) is 4.68 Å². The number of hydrogen-bond acceptors (Lipinski definition) is 5. The molecule has 6 nitrogen and oxygen atoms in total. The van der Waals surface area contributed by atoms with E-state index in [4.69, 9.17) is 16.3 Å². The van der Waals surface area contributed by atoms with E-state index >= 15 is 0 Å². The van der Waals surface area contributed by atoms with Gasteiger partial charge in [0.15, 0.2) is 0 Å². The minimum absolute atomic E-state index is 0.0629. The molecule has 1 N–H and O–H groups in total. The molecular weight excluding hydrogens is 388 g/mol. The van der Waals surface area contributed by atoms with Crippen molar-refractivity contribution in [1.82, 2.24) is 14.7 Å². The molecule has 152 valence electrons. The Morgan fingerprint density at radius 2 is 1.93 bits per heavy atom. The van der Waals surface area contributed by atoms with Crippen LogP contribution < -0.4 is 15.6 Å². The lowest BCUT2D eigenvalue weighted by Gasteiger charge is -2.26. The number of aromatic nitrogens is 2. The van der Waals surface area contributed by atoms with Gasteiger partial charge in [0.2, 0.25) is 0 Å². The first-order chi connectivity index (χ1) is 14.0. The minimum atomic E-state index is -0.316. The predicted molar refractivity (Wildman–Crippen MR) is 117 cm³/mol. The van der Waals surface area contributed by atoms with E-state index in [0.717, 1.165) is 16.9 Å². The fraction of sp³-hybridized carbons (Fsp3) is 0.273. The molecule has 3 rings (SSSR count). The summed E-state index contributed by atoms with van der Waals surface area (Å²) >= 11 is 6.35. The van der Waals surface area contributed by atoms with Crippen molar-refractivity contribution in [3.63, 3.8) is 0 Å². The second kappa shape index (κ2) is 9.58. The van der Waals surface area contributed by atoms with Crippen molar-refractivity contribution < 1.29 is 4.74 Å². The fourth-order valence-corrected chi connectivity index (χ4v) is 3.32. The summed E-state index contributed by atoms with van der Waals surface area (Å²) in [6, 6.07) is 17.7. The van der Waals surface area contributed by atoms with Crippen LogP contribution in [0.4, 0.5) is 5.69 Å². The molecule has 0 spiro atoms. The van der Waals surface area contributed by atoms with Gasteiger partial charge in [-0.1, -0.05) is 54.1 Å². The molecule has 7 heteroatoms. The number of hydrogen-bond donors (Lipinski definition) is 1. The Bertz CT molecular complexity index is 1010. The Morgan fingerprint density at radius 1 is 1.17 bits per heavy atom. The van der Waals surface area contributed by atoms with Gasteiger partial charge in [0.1, 0.15) is 10.8 Å². The number of halogens is 1. The lowest BCUT2D eigenvalue weighted by atomic mass is 10.1. The third kappa shape index (κ3) is 5.16. The third-order valence-electron chi connectivity index (χ3n) is 4.75. The van der Waals surface area contributed by atoms with E-state index in [1.807, 2.05) is 68.7 Å². The van der Waals surface area contributed by atoms with Crippen LogP contribution in [0.25, 0.3) is 0 Å². The van der Waals surface area contributed by atoms with Crippen LogP contribution >= 0.6 is 11.6 Å². The molecule has 0 fully saturated rings. The summed E-state index contributed by atoms with van der Waals surface area (Å²) in [5.74, 6) is 0.803.